The summed E-state index contributed by atoms with van der Waals surface area (Å²) in [5.74, 6) is -0.405. The van der Waals surface area contributed by atoms with E-state index in [0.717, 1.165) is 0 Å². The molecular formula is C7H6BBrClFNO. The van der Waals surface area contributed by atoms with Crippen LogP contribution in [0.15, 0.2) is 16.6 Å². The number of benzene rings is 1. The summed E-state index contributed by atoms with van der Waals surface area (Å²) in [5, 5.41) is 3.05. The van der Waals surface area contributed by atoms with Crippen LogP contribution in [0.25, 0.3) is 0 Å². The van der Waals surface area contributed by atoms with Gasteiger partial charge in [-0.3, -0.25) is 0 Å². The number of halogens is 3. The normalized spacial score (nSPS) is 9.85. The Balaban J connectivity index is 2.92. The van der Waals surface area contributed by atoms with Gasteiger partial charge >= 0.3 is 7.62 Å². The maximum atomic E-state index is 13.3. The number of rotatable bonds is 3. The van der Waals surface area contributed by atoms with Crippen molar-refractivity contribution < 1.29 is 9.04 Å². The zero-order valence-electron chi connectivity index (χ0n) is 6.77. The summed E-state index contributed by atoms with van der Waals surface area (Å²) in [6.07, 6.45) is 0. The highest BCUT2D eigenvalue weighted by molar-refractivity contribution is 9.10. The van der Waals surface area contributed by atoms with Gasteiger partial charge in [0.1, 0.15) is 0 Å². The average Bonchev–Trinajstić information content (AvgIpc) is 2.09. The molecule has 0 aromatic heterocycles. The lowest BCUT2D eigenvalue weighted by Gasteiger charge is -2.06. The Morgan fingerprint density at radius 2 is 2.31 bits per heavy atom. The van der Waals surface area contributed by atoms with Crippen LogP contribution < -0.4 is 5.23 Å². The topological polar surface area (TPSA) is 21.3 Å². The van der Waals surface area contributed by atoms with Crippen molar-refractivity contribution in [2.45, 2.75) is 0 Å². The molecule has 0 amide bonds. The van der Waals surface area contributed by atoms with E-state index in [1.54, 1.807) is 0 Å². The molecule has 6 heteroatoms. The van der Waals surface area contributed by atoms with Gasteiger partial charge in [-0.1, -0.05) is 11.6 Å². The molecule has 0 heterocycles. The lowest BCUT2D eigenvalue weighted by Crippen LogP contribution is -2.09. The molecule has 13 heavy (non-hydrogen) atoms. The summed E-state index contributed by atoms with van der Waals surface area (Å²) >= 11 is 8.74. The van der Waals surface area contributed by atoms with Crippen LogP contribution in [0.4, 0.5) is 10.1 Å². The quantitative estimate of drug-likeness (QED) is 0.670. The predicted molar refractivity (Wildman–Crippen MR) is 55.5 cm³/mol. The van der Waals surface area contributed by atoms with E-state index < -0.39 is 5.82 Å². The number of nitrogens with one attached hydrogen (secondary N) is 1. The first-order chi connectivity index (χ1) is 6.15. The van der Waals surface area contributed by atoms with E-state index in [1.165, 1.54) is 26.9 Å². The molecular weight excluding hydrogens is 259 g/mol. The van der Waals surface area contributed by atoms with Crippen molar-refractivity contribution >= 4 is 40.8 Å². The summed E-state index contributed by atoms with van der Waals surface area (Å²) in [6, 6.07) is 2.95. The van der Waals surface area contributed by atoms with E-state index in [1.807, 2.05) is 0 Å². The van der Waals surface area contributed by atoms with E-state index in [2.05, 4.69) is 25.8 Å². The van der Waals surface area contributed by atoms with Crippen molar-refractivity contribution in [3.8, 4) is 0 Å². The summed E-state index contributed by atoms with van der Waals surface area (Å²) < 4.78 is 18.2. The van der Waals surface area contributed by atoms with Crippen LogP contribution in [0.1, 0.15) is 0 Å². The van der Waals surface area contributed by atoms with Gasteiger partial charge in [0.05, 0.1) is 10.2 Å². The molecule has 0 aliphatic carbocycles. The van der Waals surface area contributed by atoms with Crippen molar-refractivity contribution in [1.29, 1.82) is 0 Å². The zero-order valence-corrected chi connectivity index (χ0v) is 9.12. The summed E-state index contributed by atoms with van der Waals surface area (Å²) in [7, 11) is 2.73. The minimum atomic E-state index is -0.405. The second-order valence-electron chi connectivity index (χ2n) is 2.25. The van der Waals surface area contributed by atoms with E-state index in [9.17, 15) is 4.39 Å². The molecule has 0 spiro atoms. The molecule has 0 bridgehead atoms. The Kier molecular flexibility index (Phi) is 4.03. The molecule has 1 aromatic rings. The maximum Gasteiger partial charge on any atom is 0.436 e. The monoisotopic (exact) mass is 264 g/mol. The van der Waals surface area contributed by atoms with E-state index in [0.29, 0.717) is 9.50 Å². The summed E-state index contributed by atoms with van der Waals surface area (Å²) in [4.78, 5) is 0. The van der Waals surface area contributed by atoms with Crippen molar-refractivity contribution in [2.75, 3.05) is 12.3 Å². The second kappa shape index (κ2) is 4.84. The molecule has 0 fully saturated rings. The molecule has 0 saturated carbocycles. The molecule has 0 atom stereocenters. The molecule has 0 saturated heterocycles. The van der Waals surface area contributed by atoms with Gasteiger partial charge in [0.2, 0.25) is 0 Å². The van der Waals surface area contributed by atoms with Crippen molar-refractivity contribution in [3.05, 3.63) is 27.4 Å². The van der Waals surface area contributed by atoms with Gasteiger partial charge in [-0.2, -0.15) is 0 Å². The van der Waals surface area contributed by atoms with Crippen LogP contribution in [-0.2, 0) is 4.65 Å². The minimum absolute atomic E-state index is 0.265. The SMILES string of the molecule is CO[B]Nc1cc(Cl)cc(Br)c1F. The number of anilines is 1. The largest absolute Gasteiger partial charge is 0.436 e. The first kappa shape index (κ1) is 10.8. The molecule has 1 N–H and O–H groups in total. The van der Waals surface area contributed by atoms with Crippen molar-refractivity contribution in [1.82, 2.24) is 0 Å². The third kappa shape index (κ3) is 2.86. The fraction of sp³-hybridized carbons (Fsp3) is 0.143. The highest BCUT2D eigenvalue weighted by Crippen LogP contribution is 2.27. The summed E-state index contributed by atoms with van der Waals surface area (Å²) in [6.45, 7) is 0. The van der Waals surface area contributed by atoms with Gasteiger partial charge in [0.15, 0.2) is 5.82 Å². The fourth-order valence-electron chi connectivity index (χ4n) is 0.783. The standard InChI is InChI=1S/C7H6BBrClFNO/c1-13-8-12-6-3-4(10)2-5(9)7(6)11/h2-3,12H,1H3. The lowest BCUT2D eigenvalue weighted by molar-refractivity contribution is 0.446. The van der Waals surface area contributed by atoms with Crippen molar-refractivity contribution in [2.24, 2.45) is 0 Å². The predicted octanol–water partition coefficient (Wildman–Crippen LogP) is 2.83. The van der Waals surface area contributed by atoms with E-state index >= 15 is 0 Å². The van der Waals surface area contributed by atoms with Gasteiger partial charge < -0.3 is 9.88 Å². The molecule has 0 aliphatic rings. The van der Waals surface area contributed by atoms with E-state index in [-0.39, 0.29) is 5.69 Å². The summed E-state index contributed by atoms with van der Waals surface area (Å²) in [5.41, 5.74) is 0.265. The van der Waals surface area contributed by atoms with Crippen LogP contribution in [0.5, 0.6) is 0 Å². The second-order valence-corrected chi connectivity index (χ2v) is 3.54. The van der Waals surface area contributed by atoms with Gasteiger partial charge in [0, 0.05) is 12.1 Å². The smallest absolute Gasteiger partial charge is 0.422 e. The molecule has 0 unspecified atom stereocenters. The van der Waals surface area contributed by atoms with Gasteiger partial charge in [0.25, 0.3) is 0 Å². The van der Waals surface area contributed by atoms with Gasteiger partial charge in [-0.05, 0) is 28.1 Å². The van der Waals surface area contributed by atoms with Crippen LogP contribution in [0, 0.1) is 5.82 Å². The highest BCUT2D eigenvalue weighted by Gasteiger charge is 2.07. The first-order valence-corrected chi connectivity index (χ1v) is 4.58. The molecule has 1 rings (SSSR count). The lowest BCUT2D eigenvalue weighted by atomic mass is 10.2. The molecule has 69 valence electrons. The molecule has 0 aliphatic heterocycles. The van der Waals surface area contributed by atoms with E-state index in [4.69, 9.17) is 11.6 Å². The van der Waals surface area contributed by atoms with Crippen LogP contribution in [-0.4, -0.2) is 14.7 Å². The third-order valence-electron chi connectivity index (χ3n) is 1.33. The Bertz CT molecular complexity index is 313. The average molecular weight is 265 g/mol. The van der Waals surface area contributed by atoms with Crippen LogP contribution in [0.3, 0.4) is 0 Å². The highest BCUT2D eigenvalue weighted by atomic mass is 79.9. The number of hydrogen-bond donors (Lipinski definition) is 1. The Labute approximate surface area is 89.8 Å². The van der Waals surface area contributed by atoms with Crippen LogP contribution >= 0.6 is 27.5 Å². The maximum absolute atomic E-state index is 13.3. The van der Waals surface area contributed by atoms with Gasteiger partial charge in [-0.15, -0.1) is 0 Å². The first-order valence-electron chi connectivity index (χ1n) is 3.40. The van der Waals surface area contributed by atoms with Gasteiger partial charge in [-0.25, -0.2) is 4.39 Å². The fourth-order valence-corrected chi connectivity index (χ4v) is 1.59. The zero-order chi connectivity index (χ0) is 9.84. The number of hydrogen-bond acceptors (Lipinski definition) is 2. The van der Waals surface area contributed by atoms with Crippen LogP contribution in [0.2, 0.25) is 5.02 Å². The molecule has 1 aromatic carbocycles. The minimum Gasteiger partial charge on any atom is -0.422 e. The molecule has 1 radical (unpaired) electrons. The Hall–Kier alpha value is -0.255. The molecule has 2 nitrogen and oxygen atoms in total. The third-order valence-corrected chi connectivity index (χ3v) is 2.12. The Morgan fingerprint density at radius 3 is 2.92 bits per heavy atom. The Morgan fingerprint density at radius 1 is 1.62 bits per heavy atom. The van der Waals surface area contributed by atoms with Crippen molar-refractivity contribution in [3.63, 3.8) is 0 Å².